The van der Waals surface area contributed by atoms with Gasteiger partial charge in [0.25, 0.3) is 0 Å². The maximum Gasteiger partial charge on any atom is 0.248 e. The van der Waals surface area contributed by atoms with E-state index in [2.05, 4.69) is 342 Å². The van der Waals surface area contributed by atoms with Gasteiger partial charge in [0.05, 0.1) is 21.9 Å². The summed E-state index contributed by atoms with van der Waals surface area (Å²) in [6, 6.07) is 132. The lowest BCUT2D eigenvalue weighted by Crippen LogP contribution is -2.28. The van der Waals surface area contributed by atoms with E-state index in [0.29, 0.717) is 11.8 Å². The Morgan fingerprint density at radius 2 is 0.520 bits per heavy atom. The molecular formula is C94H59N3O. The van der Waals surface area contributed by atoms with Gasteiger partial charge < -0.3 is 8.98 Å². The highest BCUT2D eigenvalue weighted by Gasteiger charge is 2.52. The Balaban J connectivity index is 0.726. The van der Waals surface area contributed by atoms with Crippen LogP contribution in [0, 0.1) is 0 Å². The van der Waals surface area contributed by atoms with Crippen LogP contribution in [0.15, 0.2) is 362 Å². The summed E-state index contributed by atoms with van der Waals surface area (Å²) in [4.78, 5) is 0. The minimum atomic E-state index is -0.521. The molecule has 0 N–H and O–H groups in total. The van der Waals surface area contributed by atoms with E-state index < -0.39 is 10.8 Å². The van der Waals surface area contributed by atoms with Crippen molar-refractivity contribution in [3.8, 4) is 118 Å². The van der Waals surface area contributed by atoms with Gasteiger partial charge in [-0.05, 0) is 206 Å². The molecule has 17 aromatic rings. The van der Waals surface area contributed by atoms with Crippen molar-refractivity contribution < 1.29 is 4.42 Å². The van der Waals surface area contributed by atoms with Crippen LogP contribution in [0.25, 0.3) is 139 Å². The lowest BCUT2D eigenvalue weighted by atomic mass is 9.67. The topological polar surface area (TPSA) is 43.9 Å². The predicted octanol–water partition coefficient (Wildman–Crippen LogP) is 23.5. The van der Waals surface area contributed by atoms with Crippen LogP contribution in [0.4, 0.5) is 0 Å². The highest BCUT2D eigenvalue weighted by Crippen LogP contribution is 2.63. The van der Waals surface area contributed by atoms with Gasteiger partial charge in [-0.2, -0.15) is 0 Å². The highest BCUT2D eigenvalue weighted by atomic mass is 16.4. The number of nitrogens with zero attached hydrogens (tertiary/aromatic N) is 3. The molecule has 0 aliphatic heterocycles. The molecule has 0 unspecified atom stereocenters. The van der Waals surface area contributed by atoms with Crippen molar-refractivity contribution in [2.45, 2.75) is 10.8 Å². The van der Waals surface area contributed by atoms with Crippen molar-refractivity contribution >= 4 is 21.8 Å². The highest BCUT2D eigenvalue weighted by molar-refractivity contribution is 6.12. The van der Waals surface area contributed by atoms with E-state index in [1.165, 1.54) is 111 Å². The first-order chi connectivity index (χ1) is 48.6. The fourth-order valence-corrected chi connectivity index (χ4v) is 17.1. The molecule has 0 bridgehead atoms. The van der Waals surface area contributed by atoms with Gasteiger partial charge in [0.15, 0.2) is 0 Å². The molecule has 20 rings (SSSR count). The lowest BCUT2D eigenvalue weighted by Gasteiger charge is -2.34. The quantitative estimate of drug-likeness (QED) is 0.137. The van der Waals surface area contributed by atoms with Gasteiger partial charge in [-0.3, -0.25) is 0 Å². The monoisotopic (exact) mass is 1250 g/mol. The molecule has 4 nitrogen and oxygen atoms in total. The zero-order valence-corrected chi connectivity index (χ0v) is 53.3. The predicted molar refractivity (Wildman–Crippen MR) is 400 cm³/mol. The van der Waals surface area contributed by atoms with Gasteiger partial charge >= 0.3 is 0 Å². The Morgan fingerprint density at radius 1 is 0.214 bits per heavy atom. The number of aromatic nitrogens is 3. The largest absolute Gasteiger partial charge is 0.416 e. The Morgan fingerprint density at radius 3 is 0.969 bits per heavy atom. The average molecular weight is 1250 g/mol. The van der Waals surface area contributed by atoms with Crippen LogP contribution in [0.5, 0.6) is 0 Å². The first kappa shape index (κ1) is 55.7. The minimum absolute atomic E-state index is 0.450. The van der Waals surface area contributed by atoms with Gasteiger partial charge in [0, 0.05) is 27.6 Å². The van der Waals surface area contributed by atoms with Crippen molar-refractivity contribution in [3.05, 3.63) is 402 Å². The minimum Gasteiger partial charge on any atom is -0.416 e. The smallest absolute Gasteiger partial charge is 0.248 e. The standard InChI is InChI=1S/C94H59N3O/c1-4-22-62(23-5-1)91-95-96-92(98-91)63-42-40-60(41-43-63)71-28-10-12-30-73(71)74-31-13-11-29-72(74)61-44-50-70(51-45-61)97-89-54-48-64(66-46-52-79-77-34-14-18-36-83(77)93(87(79)58-66,68-24-6-2-7-25-68)69-26-8-3-9-27-69)56-81(89)82-57-65(49-55-90(82)97)67-47-53-80-78-35-17-21-39-86(78)94(88(80)59-67)84-37-19-15-32-75(84)76-33-16-20-38-85(76)94/h1-59H. The molecule has 0 radical (unpaired) electrons. The van der Waals surface area contributed by atoms with E-state index in [1.807, 2.05) is 30.3 Å². The van der Waals surface area contributed by atoms with E-state index in [-0.39, 0.29) is 0 Å². The molecule has 0 amide bonds. The third-order valence-electron chi connectivity index (χ3n) is 21.4. The second-order valence-corrected chi connectivity index (χ2v) is 26.2. The first-order valence-corrected chi connectivity index (χ1v) is 33.8. The number of rotatable bonds is 10. The third-order valence-corrected chi connectivity index (χ3v) is 21.4. The molecular weight excluding hydrogens is 1190 g/mol. The Hall–Kier alpha value is -12.8. The van der Waals surface area contributed by atoms with Crippen LogP contribution in [-0.2, 0) is 10.8 Å². The molecule has 3 aliphatic carbocycles. The SMILES string of the molecule is c1ccc(-c2nnc(-c3ccc(-c4ccccc4-c4ccccc4-c4ccc(-n5c6ccc(-c7ccc8c(c7)C(c7ccccc7)(c7ccccc7)c7ccccc7-8)cc6c6cc(-c7ccc8c(c7)C7(c9ccccc9-c9ccccc97)c7ccccc7-8)ccc65)cc4)cc3)o2)cc1. The normalized spacial score (nSPS) is 13.3. The van der Waals surface area contributed by atoms with Crippen LogP contribution in [0.3, 0.4) is 0 Å². The van der Waals surface area contributed by atoms with Gasteiger partial charge in [-0.15, -0.1) is 10.2 Å². The van der Waals surface area contributed by atoms with Crippen LogP contribution < -0.4 is 0 Å². The van der Waals surface area contributed by atoms with E-state index in [9.17, 15) is 0 Å². The van der Waals surface area contributed by atoms with E-state index >= 15 is 0 Å². The van der Waals surface area contributed by atoms with Crippen molar-refractivity contribution in [1.82, 2.24) is 14.8 Å². The molecule has 98 heavy (non-hydrogen) atoms. The van der Waals surface area contributed by atoms with E-state index in [4.69, 9.17) is 4.42 Å². The number of benzene rings is 15. The second kappa shape index (κ2) is 21.9. The fraction of sp³-hybridized carbons (Fsp3) is 0.0213. The summed E-state index contributed by atoms with van der Waals surface area (Å²) in [6.07, 6.45) is 0. The van der Waals surface area contributed by atoms with E-state index in [0.717, 1.165) is 61.2 Å². The van der Waals surface area contributed by atoms with Gasteiger partial charge in [0.1, 0.15) is 0 Å². The summed E-state index contributed by atoms with van der Waals surface area (Å²) in [5.41, 5.74) is 33.9. The Bertz CT molecular complexity index is 5780. The lowest BCUT2D eigenvalue weighted by molar-refractivity contribution is 0.584. The third kappa shape index (κ3) is 8.19. The summed E-state index contributed by atoms with van der Waals surface area (Å²) in [6.45, 7) is 0. The molecule has 2 aromatic heterocycles. The Labute approximate surface area is 568 Å². The van der Waals surface area contributed by atoms with E-state index in [1.54, 1.807) is 0 Å². The summed E-state index contributed by atoms with van der Waals surface area (Å²) in [5.74, 6) is 0.989. The summed E-state index contributed by atoms with van der Waals surface area (Å²) < 4.78 is 8.63. The number of hydrogen-bond donors (Lipinski definition) is 0. The molecule has 3 aliphatic rings. The molecule has 0 saturated carbocycles. The molecule has 0 fully saturated rings. The van der Waals surface area contributed by atoms with Crippen molar-refractivity contribution in [3.63, 3.8) is 0 Å². The maximum absolute atomic E-state index is 6.15. The van der Waals surface area contributed by atoms with Gasteiger partial charge in [-0.25, -0.2) is 0 Å². The molecule has 15 aromatic carbocycles. The molecule has 4 heteroatoms. The summed E-state index contributed by atoms with van der Waals surface area (Å²) in [7, 11) is 0. The van der Waals surface area contributed by atoms with Crippen LogP contribution in [0.2, 0.25) is 0 Å². The molecule has 1 spiro atoms. The first-order valence-electron chi connectivity index (χ1n) is 33.8. The Kier molecular flexibility index (Phi) is 12.4. The number of fused-ring (bicyclic) bond motifs is 16. The summed E-state index contributed by atoms with van der Waals surface area (Å²) >= 11 is 0. The average Bonchev–Trinajstić information content (AvgIpc) is 1.51. The van der Waals surface area contributed by atoms with Crippen molar-refractivity contribution in [1.29, 1.82) is 0 Å². The maximum atomic E-state index is 6.15. The van der Waals surface area contributed by atoms with Crippen LogP contribution in [0.1, 0.15) is 44.5 Å². The zero-order chi connectivity index (χ0) is 64.5. The summed E-state index contributed by atoms with van der Waals surface area (Å²) in [5, 5.41) is 11.2. The number of hydrogen-bond acceptors (Lipinski definition) is 3. The second-order valence-electron chi connectivity index (χ2n) is 26.2. The van der Waals surface area contributed by atoms with Gasteiger partial charge in [-0.1, -0.05) is 285 Å². The van der Waals surface area contributed by atoms with Crippen LogP contribution >= 0.6 is 0 Å². The fourth-order valence-electron chi connectivity index (χ4n) is 17.1. The van der Waals surface area contributed by atoms with Gasteiger partial charge in [0.2, 0.25) is 11.8 Å². The molecule has 0 saturated heterocycles. The van der Waals surface area contributed by atoms with Crippen molar-refractivity contribution in [2.75, 3.05) is 0 Å². The zero-order valence-electron chi connectivity index (χ0n) is 53.3. The van der Waals surface area contributed by atoms with Crippen LogP contribution in [-0.4, -0.2) is 14.8 Å². The molecule has 0 atom stereocenters. The van der Waals surface area contributed by atoms with Crippen molar-refractivity contribution in [2.24, 2.45) is 0 Å². The molecule has 2 heterocycles. The molecule has 456 valence electrons.